The lowest BCUT2D eigenvalue weighted by molar-refractivity contribution is 0.240. The molecule has 0 aliphatic rings. The minimum Gasteiger partial charge on any atom is -0.334 e. The van der Waals surface area contributed by atoms with E-state index in [1.807, 2.05) is 19.3 Å². The summed E-state index contributed by atoms with van der Waals surface area (Å²) in [5.74, 6) is -0.337. The van der Waals surface area contributed by atoms with Crippen LogP contribution in [-0.2, 0) is 20.1 Å². The number of nitrogens with one attached hydrogen (secondary N) is 2. The smallest absolute Gasteiger partial charge is 0.315 e. The number of carbonyl (C=O) groups is 1. The Bertz CT molecular complexity index is 877. The number of amides is 2. The third-order valence-corrected chi connectivity index (χ3v) is 3.68. The molecule has 25 heavy (non-hydrogen) atoms. The summed E-state index contributed by atoms with van der Waals surface area (Å²) in [5.41, 5.74) is 3.19. The highest BCUT2D eigenvalue weighted by molar-refractivity contribution is 5.74. The average Bonchev–Trinajstić information content (AvgIpc) is 3.06. The largest absolute Gasteiger partial charge is 0.334 e. The van der Waals surface area contributed by atoms with Crippen molar-refractivity contribution < 1.29 is 9.18 Å². The van der Waals surface area contributed by atoms with Crippen LogP contribution in [0.3, 0.4) is 0 Å². The highest BCUT2D eigenvalue weighted by Gasteiger charge is 2.06. The number of halogens is 1. The van der Waals surface area contributed by atoms with Gasteiger partial charge in [-0.15, -0.1) is 0 Å². The highest BCUT2D eigenvalue weighted by atomic mass is 19.1. The van der Waals surface area contributed by atoms with Crippen LogP contribution in [0.4, 0.5) is 9.18 Å². The average molecular weight is 339 g/mol. The highest BCUT2D eigenvalue weighted by Crippen LogP contribution is 2.18. The van der Waals surface area contributed by atoms with Gasteiger partial charge in [-0.05, 0) is 17.7 Å². The van der Waals surface area contributed by atoms with Crippen molar-refractivity contribution in [2.75, 3.05) is 0 Å². The number of rotatable bonds is 5. The lowest BCUT2D eigenvalue weighted by Gasteiger charge is -2.09. The van der Waals surface area contributed by atoms with Gasteiger partial charge in [0.25, 0.3) is 0 Å². The topological polar surface area (TPSA) is 71.8 Å². The first kappa shape index (κ1) is 16.6. The molecule has 0 atom stereocenters. The number of hydrogen-bond acceptors (Lipinski definition) is 3. The number of aryl methyl sites for hydroxylation is 1. The Morgan fingerprint density at radius 1 is 1.12 bits per heavy atom. The predicted molar refractivity (Wildman–Crippen MR) is 91.9 cm³/mol. The number of nitrogens with zero attached hydrogens (tertiary/aromatic N) is 3. The summed E-state index contributed by atoms with van der Waals surface area (Å²) < 4.78 is 15.2. The maximum absolute atomic E-state index is 13.5. The fourth-order valence-corrected chi connectivity index (χ4v) is 2.37. The molecule has 0 saturated carbocycles. The van der Waals surface area contributed by atoms with Gasteiger partial charge in [-0.3, -0.25) is 9.67 Å². The number of carbonyl (C=O) groups excluding carboxylic acids is 1. The molecule has 0 unspecified atom stereocenters. The van der Waals surface area contributed by atoms with E-state index in [-0.39, 0.29) is 18.4 Å². The molecule has 0 spiro atoms. The maximum Gasteiger partial charge on any atom is 0.315 e. The lowest BCUT2D eigenvalue weighted by Crippen LogP contribution is -2.34. The fraction of sp³-hybridized carbons (Fsp3) is 0.167. The predicted octanol–water partition coefficient (Wildman–Crippen LogP) is 2.62. The van der Waals surface area contributed by atoms with E-state index in [1.54, 1.807) is 41.5 Å². The number of benzene rings is 1. The Hall–Kier alpha value is -3.22. The summed E-state index contributed by atoms with van der Waals surface area (Å²) in [6.45, 7) is 0.455. The molecule has 0 aliphatic heterocycles. The Morgan fingerprint density at radius 3 is 2.68 bits per heavy atom. The molecule has 0 bridgehead atoms. The number of aromatic nitrogens is 3. The maximum atomic E-state index is 13.5. The molecule has 6 nitrogen and oxygen atoms in total. The number of pyridine rings is 1. The molecule has 1 aromatic carbocycles. The first-order valence-corrected chi connectivity index (χ1v) is 7.80. The third kappa shape index (κ3) is 4.41. The van der Waals surface area contributed by atoms with E-state index in [2.05, 4.69) is 20.7 Å². The summed E-state index contributed by atoms with van der Waals surface area (Å²) in [5, 5.41) is 9.51. The van der Waals surface area contributed by atoms with Crippen molar-refractivity contribution >= 4 is 6.03 Å². The van der Waals surface area contributed by atoms with E-state index >= 15 is 0 Å². The molecule has 0 fully saturated rings. The van der Waals surface area contributed by atoms with Gasteiger partial charge in [0, 0.05) is 55.4 Å². The van der Waals surface area contributed by atoms with Gasteiger partial charge in [-0.2, -0.15) is 5.10 Å². The van der Waals surface area contributed by atoms with E-state index in [0.717, 1.165) is 16.7 Å². The van der Waals surface area contributed by atoms with E-state index in [1.165, 1.54) is 6.07 Å². The van der Waals surface area contributed by atoms with E-state index in [9.17, 15) is 9.18 Å². The molecule has 0 aliphatic carbocycles. The van der Waals surface area contributed by atoms with Crippen LogP contribution >= 0.6 is 0 Å². The van der Waals surface area contributed by atoms with Gasteiger partial charge in [0.1, 0.15) is 5.82 Å². The molecule has 3 aromatic rings. The second-order valence-electron chi connectivity index (χ2n) is 5.61. The standard InChI is InChI=1S/C18H18FN5O/c1-24-12-16(11-23-24)15-6-13(7-20-9-15)8-21-18(25)22-10-14-4-2-3-5-17(14)19/h2-7,9,11-12H,8,10H2,1H3,(H2,21,22,25). The summed E-state index contributed by atoms with van der Waals surface area (Å²) in [6.07, 6.45) is 7.10. The zero-order valence-corrected chi connectivity index (χ0v) is 13.7. The lowest BCUT2D eigenvalue weighted by atomic mass is 10.1. The third-order valence-electron chi connectivity index (χ3n) is 3.68. The van der Waals surface area contributed by atoms with Gasteiger partial charge in [0.15, 0.2) is 0 Å². The normalized spacial score (nSPS) is 10.5. The molecule has 7 heteroatoms. The van der Waals surface area contributed by atoms with Crippen LogP contribution in [0, 0.1) is 5.82 Å². The van der Waals surface area contributed by atoms with Gasteiger partial charge in [-0.25, -0.2) is 9.18 Å². The second-order valence-corrected chi connectivity index (χ2v) is 5.61. The molecular formula is C18H18FN5O. The first-order chi connectivity index (χ1) is 12.1. The van der Waals surface area contributed by atoms with Crippen LogP contribution in [0.2, 0.25) is 0 Å². The Kier molecular flexibility index (Phi) is 5.03. The Balaban J connectivity index is 1.55. The van der Waals surface area contributed by atoms with Crippen molar-refractivity contribution in [3.8, 4) is 11.1 Å². The number of urea groups is 1. The molecule has 0 saturated heterocycles. The van der Waals surface area contributed by atoms with Crippen molar-refractivity contribution in [1.29, 1.82) is 0 Å². The molecule has 2 heterocycles. The molecular weight excluding hydrogens is 321 g/mol. The van der Waals surface area contributed by atoms with Gasteiger partial charge in [-0.1, -0.05) is 18.2 Å². The zero-order valence-electron chi connectivity index (χ0n) is 13.7. The zero-order chi connectivity index (χ0) is 17.6. The molecule has 128 valence electrons. The van der Waals surface area contributed by atoms with Crippen molar-refractivity contribution in [3.05, 3.63) is 72.1 Å². The van der Waals surface area contributed by atoms with Crippen LogP contribution < -0.4 is 10.6 Å². The molecule has 2 amide bonds. The SMILES string of the molecule is Cn1cc(-c2cncc(CNC(=O)NCc3ccccc3F)c2)cn1. The summed E-state index contributed by atoms with van der Waals surface area (Å²) >= 11 is 0. The van der Waals surface area contributed by atoms with Crippen LogP contribution in [-0.4, -0.2) is 20.8 Å². The van der Waals surface area contributed by atoms with Crippen molar-refractivity contribution in [1.82, 2.24) is 25.4 Å². The van der Waals surface area contributed by atoms with Crippen LogP contribution in [0.5, 0.6) is 0 Å². The fourth-order valence-electron chi connectivity index (χ4n) is 2.37. The summed E-state index contributed by atoms with van der Waals surface area (Å²) in [7, 11) is 1.85. The van der Waals surface area contributed by atoms with Crippen LogP contribution in [0.15, 0.2) is 55.1 Å². The van der Waals surface area contributed by atoms with Gasteiger partial charge >= 0.3 is 6.03 Å². The van der Waals surface area contributed by atoms with Crippen LogP contribution in [0.1, 0.15) is 11.1 Å². The van der Waals surface area contributed by atoms with Gasteiger partial charge < -0.3 is 10.6 Å². The minimum atomic E-state index is -0.366. The van der Waals surface area contributed by atoms with Gasteiger partial charge in [0.2, 0.25) is 0 Å². The summed E-state index contributed by atoms with van der Waals surface area (Å²) in [4.78, 5) is 16.1. The monoisotopic (exact) mass is 339 g/mol. The van der Waals surface area contributed by atoms with E-state index in [4.69, 9.17) is 0 Å². The van der Waals surface area contributed by atoms with E-state index < -0.39 is 0 Å². The Morgan fingerprint density at radius 2 is 1.92 bits per heavy atom. The van der Waals surface area contributed by atoms with Crippen molar-refractivity contribution in [3.63, 3.8) is 0 Å². The first-order valence-electron chi connectivity index (χ1n) is 7.80. The molecule has 2 N–H and O–H groups in total. The minimum absolute atomic E-state index is 0.131. The Labute approximate surface area is 144 Å². The van der Waals surface area contributed by atoms with Crippen molar-refractivity contribution in [2.45, 2.75) is 13.1 Å². The summed E-state index contributed by atoms with van der Waals surface area (Å²) in [6, 6.07) is 7.92. The van der Waals surface area contributed by atoms with E-state index in [0.29, 0.717) is 12.1 Å². The molecule has 0 radical (unpaired) electrons. The second kappa shape index (κ2) is 7.57. The van der Waals surface area contributed by atoms with Gasteiger partial charge in [0.05, 0.1) is 6.20 Å². The van der Waals surface area contributed by atoms with Crippen LogP contribution in [0.25, 0.3) is 11.1 Å². The number of hydrogen-bond donors (Lipinski definition) is 2. The molecule has 3 rings (SSSR count). The van der Waals surface area contributed by atoms with Crippen molar-refractivity contribution in [2.24, 2.45) is 7.05 Å². The quantitative estimate of drug-likeness (QED) is 0.750. The molecule has 2 aromatic heterocycles.